The lowest BCUT2D eigenvalue weighted by molar-refractivity contribution is -0.130. The number of rotatable bonds is 3. The Kier molecular flexibility index (Phi) is 4.56. The van der Waals surface area contributed by atoms with Crippen molar-refractivity contribution in [2.45, 2.75) is 26.2 Å². The number of Topliss-reactive ketones (excluding diaryl/α,β-unsaturated/α-hetero) is 1. The largest absolute Gasteiger partial charge is 0.507 e. The second-order valence-electron chi connectivity index (χ2n) is 5.03. The van der Waals surface area contributed by atoms with Crippen LogP contribution in [0.2, 0.25) is 0 Å². The van der Waals surface area contributed by atoms with Crippen LogP contribution in [0.25, 0.3) is 6.08 Å². The highest BCUT2D eigenvalue weighted by atomic mass is 16.3. The fourth-order valence-corrected chi connectivity index (χ4v) is 2.35. The molecule has 0 bridgehead atoms. The normalized spacial score (nSPS) is 16.1. The zero-order valence-corrected chi connectivity index (χ0v) is 11.6. The fourth-order valence-electron chi connectivity index (χ4n) is 2.35. The van der Waals surface area contributed by atoms with Gasteiger partial charge >= 0.3 is 0 Å². The summed E-state index contributed by atoms with van der Waals surface area (Å²) in [6, 6.07) is 6.68. The molecule has 0 unspecified atom stereocenters. The van der Waals surface area contributed by atoms with Gasteiger partial charge in [-0.05, 0) is 38.3 Å². The number of carbonyl (C=O) groups excluding carboxylic acids is 2. The molecule has 1 N–H and O–H groups in total. The van der Waals surface area contributed by atoms with Gasteiger partial charge in [0.25, 0.3) is 5.91 Å². The summed E-state index contributed by atoms with van der Waals surface area (Å²) in [4.78, 5) is 25.9. The molecular weight excluding hydrogens is 254 g/mol. The number of ketones is 1. The highest BCUT2D eigenvalue weighted by Crippen LogP contribution is 2.21. The predicted molar refractivity (Wildman–Crippen MR) is 77.2 cm³/mol. The van der Waals surface area contributed by atoms with Crippen LogP contribution in [0.15, 0.2) is 29.8 Å². The van der Waals surface area contributed by atoms with Crippen molar-refractivity contribution in [1.82, 2.24) is 4.90 Å². The van der Waals surface area contributed by atoms with Crippen molar-refractivity contribution in [3.8, 4) is 5.75 Å². The fraction of sp³-hybridized carbons (Fsp3) is 0.375. The summed E-state index contributed by atoms with van der Waals surface area (Å²) < 4.78 is 0. The van der Waals surface area contributed by atoms with Gasteiger partial charge in [-0.1, -0.05) is 18.2 Å². The molecule has 1 amide bonds. The van der Waals surface area contributed by atoms with E-state index < -0.39 is 0 Å². The van der Waals surface area contributed by atoms with E-state index in [4.69, 9.17) is 0 Å². The summed E-state index contributed by atoms with van der Waals surface area (Å²) in [5, 5.41) is 9.75. The molecule has 0 radical (unpaired) electrons. The second-order valence-corrected chi connectivity index (χ2v) is 5.03. The van der Waals surface area contributed by atoms with Gasteiger partial charge in [-0.2, -0.15) is 0 Å². The monoisotopic (exact) mass is 273 g/mol. The lowest BCUT2D eigenvalue weighted by Crippen LogP contribution is -2.37. The maximum Gasteiger partial charge on any atom is 0.257 e. The number of benzene rings is 1. The van der Waals surface area contributed by atoms with Gasteiger partial charge in [0.2, 0.25) is 0 Å². The van der Waals surface area contributed by atoms with Gasteiger partial charge in [-0.3, -0.25) is 9.59 Å². The van der Waals surface area contributed by atoms with Crippen molar-refractivity contribution in [3.63, 3.8) is 0 Å². The number of carbonyl (C=O) groups is 2. The average molecular weight is 273 g/mol. The van der Waals surface area contributed by atoms with Crippen molar-refractivity contribution in [2.75, 3.05) is 13.1 Å². The molecule has 1 fully saturated rings. The lowest BCUT2D eigenvalue weighted by atomic mass is 10.0. The summed E-state index contributed by atoms with van der Waals surface area (Å²) in [5.74, 6) is -0.443. The number of phenols is 1. The Bertz CT molecular complexity index is 542. The number of hydrogen-bond donors (Lipinski definition) is 1. The Balaban J connectivity index is 2.29. The van der Waals surface area contributed by atoms with E-state index in [0.29, 0.717) is 18.7 Å². The first kappa shape index (κ1) is 14.3. The lowest BCUT2D eigenvalue weighted by Gasteiger charge is -2.27. The number of hydrogen-bond acceptors (Lipinski definition) is 3. The van der Waals surface area contributed by atoms with Gasteiger partial charge in [0.1, 0.15) is 5.75 Å². The van der Waals surface area contributed by atoms with E-state index in [1.54, 1.807) is 23.1 Å². The molecule has 0 spiro atoms. The number of nitrogens with zero attached hydrogens (tertiary/aromatic N) is 1. The SMILES string of the molecule is CC(=O)/C(=C\c1ccccc1O)C(=O)N1CCCCC1. The maximum absolute atomic E-state index is 12.4. The van der Waals surface area contributed by atoms with E-state index in [2.05, 4.69) is 0 Å². The number of piperidine rings is 1. The molecular formula is C16H19NO3. The average Bonchev–Trinajstić information content (AvgIpc) is 2.46. The zero-order valence-electron chi connectivity index (χ0n) is 11.6. The van der Waals surface area contributed by atoms with Crippen LogP contribution in [0, 0.1) is 0 Å². The molecule has 4 nitrogen and oxygen atoms in total. The summed E-state index contributed by atoms with van der Waals surface area (Å²) in [6.07, 6.45) is 4.57. The Hall–Kier alpha value is -2.10. The molecule has 4 heteroatoms. The molecule has 1 saturated heterocycles. The van der Waals surface area contributed by atoms with Crippen molar-refractivity contribution in [3.05, 3.63) is 35.4 Å². The van der Waals surface area contributed by atoms with E-state index in [1.807, 2.05) is 0 Å². The second kappa shape index (κ2) is 6.37. The van der Waals surface area contributed by atoms with Crippen LogP contribution >= 0.6 is 0 Å². The quantitative estimate of drug-likeness (QED) is 0.522. The van der Waals surface area contributed by atoms with Gasteiger partial charge in [0.15, 0.2) is 5.78 Å². The van der Waals surface area contributed by atoms with Crippen molar-refractivity contribution < 1.29 is 14.7 Å². The smallest absolute Gasteiger partial charge is 0.257 e. The van der Waals surface area contributed by atoms with Crippen LogP contribution in [0.4, 0.5) is 0 Å². The Labute approximate surface area is 118 Å². The number of para-hydroxylation sites is 1. The Morgan fingerprint density at radius 3 is 2.40 bits per heavy atom. The van der Waals surface area contributed by atoms with Gasteiger partial charge < -0.3 is 10.0 Å². The van der Waals surface area contributed by atoms with Gasteiger partial charge in [-0.15, -0.1) is 0 Å². The number of phenolic OH excluding ortho intramolecular Hbond substituents is 1. The minimum Gasteiger partial charge on any atom is -0.507 e. The molecule has 2 rings (SSSR count). The molecule has 106 valence electrons. The molecule has 0 atom stereocenters. The van der Waals surface area contributed by atoms with Crippen LogP contribution < -0.4 is 0 Å². The van der Waals surface area contributed by atoms with Crippen molar-refractivity contribution in [2.24, 2.45) is 0 Å². The molecule has 1 aromatic rings. The third kappa shape index (κ3) is 3.26. The predicted octanol–water partition coefficient (Wildman–Crippen LogP) is 2.38. The third-order valence-electron chi connectivity index (χ3n) is 3.49. The van der Waals surface area contributed by atoms with E-state index in [-0.39, 0.29) is 23.0 Å². The topological polar surface area (TPSA) is 57.6 Å². The number of likely N-dealkylation sites (tertiary alicyclic amines) is 1. The summed E-state index contributed by atoms with van der Waals surface area (Å²) in [5.41, 5.74) is 0.622. The van der Waals surface area contributed by atoms with Crippen LogP contribution in [0.1, 0.15) is 31.7 Å². The summed E-state index contributed by atoms with van der Waals surface area (Å²) in [7, 11) is 0. The van der Waals surface area contributed by atoms with E-state index in [1.165, 1.54) is 19.1 Å². The number of amides is 1. The van der Waals surface area contributed by atoms with Crippen LogP contribution in [0.5, 0.6) is 5.75 Å². The molecule has 1 aliphatic heterocycles. The molecule has 1 heterocycles. The van der Waals surface area contributed by atoms with Crippen LogP contribution in [-0.4, -0.2) is 34.8 Å². The Morgan fingerprint density at radius 2 is 1.80 bits per heavy atom. The molecule has 1 aliphatic rings. The minimum absolute atomic E-state index is 0.0673. The highest BCUT2D eigenvalue weighted by Gasteiger charge is 2.23. The molecule has 0 aromatic heterocycles. The molecule has 1 aromatic carbocycles. The summed E-state index contributed by atoms with van der Waals surface area (Å²) >= 11 is 0. The van der Waals surface area contributed by atoms with E-state index in [0.717, 1.165) is 19.3 Å². The van der Waals surface area contributed by atoms with Crippen molar-refractivity contribution in [1.29, 1.82) is 0 Å². The zero-order chi connectivity index (χ0) is 14.5. The molecule has 0 aliphatic carbocycles. The van der Waals surface area contributed by atoms with Gasteiger partial charge in [0, 0.05) is 18.7 Å². The van der Waals surface area contributed by atoms with E-state index in [9.17, 15) is 14.7 Å². The first-order valence-corrected chi connectivity index (χ1v) is 6.89. The first-order valence-electron chi connectivity index (χ1n) is 6.89. The van der Waals surface area contributed by atoms with Crippen molar-refractivity contribution >= 4 is 17.8 Å². The van der Waals surface area contributed by atoms with Gasteiger partial charge in [0.05, 0.1) is 5.57 Å². The highest BCUT2D eigenvalue weighted by molar-refractivity contribution is 6.21. The first-order chi connectivity index (χ1) is 9.59. The van der Waals surface area contributed by atoms with E-state index >= 15 is 0 Å². The Morgan fingerprint density at radius 1 is 1.15 bits per heavy atom. The number of aromatic hydroxyl groups is 1. The van der Waals surface area contributed by atoms with Crippen LogP contribution in [-0.2, 0) is 9.59 Å². The standard InChI is InChI=1S/C16H19NO3/c1-12(18)14(11-13-7-3-4-8-15(13)19)16(20)17-9-5-2-6-10-17/h3-4,7-8,11,19H,2,5-6,9-10H2,1H3/b14-11+. The minimum atomic E-state index is -0.274. The summed E-state index contributed by atoms with van der Waals surface area (Å²) in [6.45, 7) is 2.78. The maximum atomic E-state index is 12.4. The molecule has 20 heavy (non-hydrogen) atoms. The third-order valence-corrected chi connectivity index (χ3v) is 3.49. The van der Waals surface area contributed by atoms with Gasteiger partial charge in [-0.25, -0.2) is 0 Å². The molecule has 0 saturated carbocycles. The van der Waals surface area contributed by atoms with Crippen LogP contribution in [0.3, 0.4) is 0 Å².